The van der Waals surface area contributed by atoms with E-state index in [0.717, 1.165) is 12.1 Å². The second-order valence-corrected chi connectivity index (χ2v) is 6.42. The number of methoxy groups -OCH3 is 1. The minimum absolute atomic E-state index is 0.0270. The zero-order valence-electron chi connectivity index (χ0n) is 13.2. The molecule has 2 N–H and O–H groups in total. The van der Waals surface area contributed by atoms with Crippen molar-refractivity contribution in [2.75, 3.05) is 19.0 Å². The SMILES string of the molecule is COc1ccccc1NC(=O)CNC1CCCCC1(C)C. The zero-order valence-corrected chi connectivity index (χ0v) is 13.2. The molecule has 0 saturated heterocycles. The quantitative estimate of drug-likeness (QED) is 0.875. The molecule has 0 aliphatic heterocycles. The second-order valence-electron chi connectivity index (χ2n) is 6.42. The van der Waals surface area contributed by atoms with Crippen molar-refractivity contribution in [1.29, 1.82) is 0 Å². The lowest BCUT2D eigenvalue weighted by atomic mass is 9.73. The number of ether oxygens (including phenoxy) is 1. The van der Waals surface area contributed by atoms with Gasteiger partial charge in [-0.2, -0.15) is 0 Å². The molecule has 4 heteroatoms. The lowest BCUT2D eigenvalue weighted by molar-refractivity contribution is -0.115. The Bertz CT molecular complexity index is 485. The van der Waals surface area contributed by atoms with Gasteiger partial charge in [0.25, 0.3) is 0 Å². The van der Waals surface area contributed by atoms with Crippen LogP contribution in [0.4, 0.5) is 5.69 Å². The summed E-state index contributed by atoms with van der Waals surface area (Å²) in [5, 5.41) is 6.32. The minimum Gasteiger partial charge on any atom is -0.495 e. The first-order valence-corrected chi connectivity index (χ1v) is 7.69. The summed E-state index contributed by atoms with van der Waals surface area (Å²) in [6.45, 7) is 4.90. The molecule has 2 rings (SSSR count). The van der Waals surface area contributed by atoms with Gasteiger partial charge < -0.3 is 15.4 Å². The van der Waals surface area contributed by atoms with E-state index in [1.54, 1.807) is 7.11 Å². The average molecular weight is 290 g/mol. The van der Waals surface area contributed by atoms with Gasteiger partial charge in [-0.15, -0.1) is 0 Å². The molecule has 1 aromatic rings. The van der Waals surface area contributed by atoms with Gasteiger partial charge in [-0.05, 0) is 30.4 Å². The molecule has 1 unspecified atom stereocenters. The molecule has 0 heterocycles. The van der Waals surface area contributed by atoms with Crippen LogP contribution in [0.2, 0.25) is 0 Å². The maximum atomic E-state index is 12.1. The first-order valence-electron chi connectivity index (χ1n) is 7.69. The first kappa shape index (κ1) is 15.8. The highest BCUT2D eigenvalue weighted by Crippen LogP contribution is 2.35. The van der Waals surface area contributed by atoms with Gasteiger partial charge in [0.15, 0.2) is 0 Å². The van der Waals surface area contributed by atoms with Crippen molar-refractivity contribution in [3.05, 3.63) is 24.3 Å². The highest BCUT2D eigenvalue weighted by atomic mass is 16.5. The number of carbonyl (C=O) groups excluding carboxylic acids is 1. The maximum Gasteiger partial charge on any atom is 0.238 e. The topological polar surface area (TPSA) is 50.4 Å². The van der Waals surface area contributed by atoms with E-state index in [2.05, 4.69) is 24.5 Å². The van der Waals surface area contributed by atoms with Crippen molar-refractivity contribution in [2.45, 2.75) is 45.6 Å². The van der Waals surface area contributed by atoms with Crippen LogP contribution in [0, 0.1) is 5.41 Å². The van der Waals surface area contributed by atoms with Crippen LogP contribution >= 0.6 is 0 Å². The standard InChI is InChI=1S/C17H26N2O2/c1-17(2)11-7-6-10-15(17)18-12-16(20)19-13-8-4-5-9-14(13)21-3/h4-5,8-9,15,18H,6-7,10-12H2,1-3H3,(H,19,20). The number of carbonyl (C=O) groups is 1. The van der Waals surface area contributed by atoms with E-state index in [9.17, 15) is 4.79 Å². The molecular formula is C17H26N2O2. The molecule has 1 atom stereocenters. The Morgan fingerprint density at radius 2 is 2.10 bits per heavy atom. The average Bonchev–Trinajstić information content (AvgIpc) is 2.46. The molecule has 1 amide bonds. The van der Waals surface area contributed by atoms with Gasteiger partial charge in [0, 0.05) is 6.04 Å². The Hall–Kier alpha value is -1.55. The summed E-state index contributed by atoms with van der Waals surface area (Å²) >= 11 is 0. The van der Waals surface area contributed by atoms with Crippen LogP contribution in [-0.4, -0.2) is 25.6 Å². The second kappa shape index (κ2) is 6.94. The molecule has 0 aromatic heterocycles. The van der Waals surface area contributed by atoms with Crippen molar-refractivity contribution in [3.63, 3.8) is 0 Å². The Morgan fingerprint density at radius 3 is 2.81 bits per heavy atom. The fourth-order valence-corrected chi connectivity index (χ4v) is 3.03. The normalized spacial score (nSPS) is 20.8. The van der Waals surface area contributed by atoms with E-state index in [4.69, 9.17) is 4.74 Å². The van der Waals surface area contributed by atoms with Crippen molar-refractivity contribution in [2.24, 2.45) is 5.41 Å². The van der Waals surface area contributed by atoms with Crippen LogP contribution in [-0.2, 0) is 4.79 Å². The van der Waals surface area contributed by atoms with Crippen LogP contribution in [0.5, 0.6) is 5.75 Å². The van der Waals surface area contributed by atoms with E-state index in [1.807, 2.05) is 24.3 Å². The summed E-state index contributed by atoms with van der Waals surface area (Å²) in [6, 6.07) is 7.87. The molecule has 4 nitrogen and oxygen atoms in total. The third-order valence-electron chi connectivity index (χ3n) is 4.40. The Morgan fingerprint density at radius 1 is 1.33 bits per heavy atom. The lowest BCUT2D eigenvalue weighted by Gasteiger charge is -2.39. The highest BCUT2D eigenvalue weighted by Gasteiger charge is 2.31. The molecule has 21 heavy (non-hydrogen) atoms. The summed E-state index contributed by atoms with van der Waals surface area (Å²) in [7, 11) is 1.60. The van der Waals surface area contributed by atoms with Crippen molar-refractivity contribution in [3.8, 4) is 5.75 Å². The van der Waals surface area contributed by atoms with E-state index in [0.29, 0.717) is 18.3 Å². The number of anilines is 1. The molecule has 0 bridgehead atoms. The maximum absolute atomic E-state index is 12.1. The van der Waals surface area contributed by atoms with Crippen LogP contribution in [0.25, 0.3) is 0 Å². The van der Waals surface area contributed by atoms with E-state index < -0.39 is 0 Å². The van der Waals surface area contributed by atoms with Gasteiger partial charge in [0.2, 0.25) is 5.91 Å². The number of para-hydroxylation sites is 2. The number of benzene rings is 1. The van der Waals surface area contributed by atoms with Crippen LogP contribution in [0.3, 0.4) is 0 Å². The number of hydrogen-bond acceptors (Lipinski definition) is 3. The Balaban J connectivity index is 1.87. The molecule has 1 aliphatic rings. The van der Waals surface area contributed by atoms with Gasteiger partial charge in [-0.25, -0.2) is 0 Å². The summed E-state index contributed by atoms with van der Waals surface area (Å²) in [4.78, 5) is 12.1. The third kappa shape index (κ3) is 4.21. The smallest absolute Gasteiger partial charge is 0.238 e. The van der Waals surface area contributed by atoms with Crippen molar-refractivity contribution < 1.29 is 9.53 Å². The summed E-state index contributed by atoms with van der Waals surface area (Å²) in [5.41, 5.74) is 0.984. The van der Waals surface area contributed by atoms with Crippen molar-refractivity contribution >= 4 is 11.6 Å². The van der Waals surface area contributed by atoms with Gasteiger partial charge in [-0.1, -0.05) is 38.8 Å². The van der Waals surface area contributed by atoms with Gasteiger partial charge >= 0.3 is 0 Å². The summed E-state index contributed by atoms with van der Waals surface area (Å²) in [5.74, 6) is 0.657. The van der Waals surface area contributed by atoms with Crippen LogP contribution in [0.15, 0.2) is 24.3 Å². The molecule has 0 spiro atoms. The third-order valence-corrected chi connectivity index (χ3v) is 4.40. The minimum atomic E-state index is -0.0270. The van der Waals surface area contributed by atoms with Crippen molar-refractivity contribution in [1.82, 2.24) is 5.32 Å². The predicted octanol–water partition coefficient (Wildman–Crippen LogP) is 3.19. The molecule has 1 aromatic carbocycles. The van der Waals surface area contributed by atoms with Gasteiger partial charge in [-0.3, -0.25) is 4.79 Å². The molecule has 1 fully saturated rings. The molecular weight excluding hydrogens is 264 g/mol. The van der Waals surface area contributed by atoms with Crippen LogP contribution in [0.1, 0.15) is 39.5 Å². The number of rotatable bonds is 5. The Labute approximate surface area is 127 Å². The number of nitrogens with one attached hydrogen (secondary N) is 2. The summed E-state index contributed by atoms with van der Waals surface area (Å²) < 4.78 is 5.24. The first-order chi connectivity index (χ1) is 10.0. The monoisotopic (exact) mass is 290 g/mol. The highest BCUT2D eigenvalue weighted by molar-refractivity contribution is 5.93. The molecule has 1 aliphatic carbocycles. The fourth-order valence-electron chi connectivity index (χ4n) is 3.03. The number of amides is 1. The largest absolute Gasteiger partial charge is 0.495 e. The van der Waals surface area contributed by atoms with E-state index in [1.165, 1.54) is 19.3 Å². The zero-order chi connectivity index (χ0) is 15.3. The predicted molar refractivity (Wildman–Crippen MR) is 85.7 cm³/mol. The molecule has 116 valence electrons. The van der Waals surface area contributed by atoms with E-state index >= 15 is 0 Å². The lowest BCUT2D eigenvalue weighted by Crippen LogP contribution is -2.46. The van der Waals surface area contributed by atoms with Gasteiger partial charge in [0.05, 0.1) is 19.3 Å². The van der Waals surface area contributed by atoms with Gasteiger partial charge in [0.1, 0.15) is 5.75 Å². The fraction of sp³-hybridized carbons (Fsp3) is 0.588. The number of hydrogen-bond donors (Lipinski definition) is 2. The molecule has 0 radical (unpaired) electrons. The Kier molecular flexibility index (Phi) is 5.23. The van der Waals surface area contributed by atoms with E-state index in [-0.39, 0.29) is 11.3 Å². The summed E-state index contributed by atoms with van der Waals surface area (Å²) in [6.07, 6.45) is 4.90. The van der Waals surface area contributed by atoms with Crippen LogP contribution < -0.4 is 15.4 Å². The molecule has 1 saturated carbocycles.